The molecule has 0 amide bonds. The van der Waals surface area contributed by atoms with Crippen LogP contribution < -0.4 is 16.4 Å². The molecule has 0 atom stereocenters. The number of hydrogen-bond donors (Lipinski definition) is 0. The third-order valence-corrected chi connectivity index (χ3v) is 10.2. The fourth-order valence-electron chi connectivity index (χ4n) is 8.03. The molecule has 230 valence electrons. The molecule has 0 aliphatic heterocycles. The van der Waals surface area contributed by atoms with Gasteiger partial charge in [0.2, 0.25) is 6.71 Å². The minimum atomic E-state index is 0.132. The summed E-state index contributed by atoms with van der Waals surface area (Å²) in [6, 6.07) is 40.9. The highest BCUT2D eigenvalue weighted by Gasteiger charge is 2.26. The van der Waals surface area contributed by atoms with Gasteiger partial charge in [0.15, 0.2) is 0 Å². The van der Waals surface area contributed by atoms with Gasteiger partial charge in [-0.05, 0) is 79.1 Å². The summed E-state index contributed by atoms with van der Waals surface area (Å²) in [5, 5.41) is 10.0. The van der Waals surface area contributed by atoms with E-state index in [2.05, 4.69) is 163 Å². The molecule has 8 aromatic rings. The van der Waals surface area contributed by atoms with Crippen LogP contribution in [0.1, 0.15) is 40.4 Å². The molecule has 7 aromatic carbocycles. The quantitative estimate of drug-likeness (QED) is 0.103. The molecule has 8 rings (SSSR count). The number of nitrogens with zero attached hydrogens (tertiary/aromatic N) is 1. The Morgan fingerprint density at radius 2 is 1.23 bits per heavy atom. The second kappa shape index (κ2) is 11.7. The van der Waals surface area contributed by atoms with Crippen LogP contribution in [0.3, 0.4) is 0 Å². The topological polar surface area (TPSA) is 12.9 Å². The van der Waals surface area contributed by atoms with E-state index in [0.29, 0.717) is 0 Å². The zero-order valence-electron chi connectivity index (χ0n) is 28.4. The first-order chi connectivity index (χ1) is 23.4. The van der Waals surface area contributed by atoms with E-state index in [1.165, 1.54) is 76.3 Å². The minimum Gasteiger partial charge on any atom is -0.247 e. The van der Waals surface area contributed by atoms with Crippen LogP contribution in [0.15, 0.2) is 122 Å². The van der Waals surface area contributed by atoms with Crippen LogP contribution in [0.25, 0.3) is 66.5 Å². The Morgan fingerprint density at radius 3 is 1.83 bits per heavy atom. The molecule has 0 saturated carbocycles. The molecule has 0 N–H and O–H groups in total. The summed E-state index contributed by atoms with van der Waals surface area (Å²) in [4.78, 5) is 5.35. The van der Waals surface area contributed by atoms with E-state index < -0.39 is 0 Å². The molecule has 0 aliphatic carbocycles. The third-order valence-electron chi connectivity index (χ3n) is 10.2. The average Bonchev–Trinajstić information content (AvgIpc) is 3.09. The molecular weight excluding hydrogens is 577 g/mol. The van der Waals surface area contributed by atoms with Crippen LogP contribution in [0.5, 0.6) is 0 Å². The summed E-state index contributed by atoms with van der Waals surface area (Å²) in [5.41, 5.74) is 13.3. The Labute approximate surface area is 283 Å². The molecule has 1 heterocycles. The lowest BCUT2D eigenvalue weighted by atomic mass is 9.35. The van der Waals surface area contributed by atoms with Gasteiger partial charge in [0.1, 0.15) is 0 Å². The van der Waals surface area contributed by atoms with Crippen molar-refractivity contribution in [1.29, 1.82) is 0 Å². The van der Waals surface area contributed by atoms with Gasteiger partial charge in [-0.25, -0.2) is 4.98 Å². The highest BCUT2D eigenvalue weighted by Crippen LogP contribution is 2.43. The standard InChI is InChI=1S/C46H38BN/c1-7-10-42-37(8-2)45-38-22-19-33-12-9-11-32-15-16-35(44(38)43(32)33)27-39(45)46(48-42)34-17-20-36(21-18-34)47(40-23-13-28(3)25-30(40)5)41-24-14-29(4)26-31(41)6/h7-27H,2H2,1,3-6H3/b10-7-. The summed E-state index contributed by atoms with van der Waals surface area (Å²) in [6.07, 6.45) is 6.16. The zero-order chi connectivity index (χ0) is 33.1. The third kappa shape index (κ3) is 4.75. The summed E-state index contributed by atoms with van der Waals surface area (Å²) in [7, 11) is 0. The number of benzene rings is 7. The van der Waals surface area contributed by atoms with Crippen molar-refractivity contribution in [2.24, 2.45) is 0 Å². The normalized spacial score (nSPS) is 11.9. The first-order valence-electron chi connectivity index (χ1n) is 16.9. The smallest absolute Gasteiger partial charge is 0.241 e. The highest BCUT2D eigenvalue weighted by atomic mass is 14.7. The predicted molar refractivity (Wildman–Crippen MR) is 212 cm³/mol. The average molecular weight is 616 g/mol. The fourth-order valence-corrected chi connectivity index (χ4v) is 8.03. The van der Waals surface area contributed by atoms with Crippen LogP contribution in [-0.4, -0.2) is 11.7 Å². The van der Waals surface area contributed by atoms with Crippen LogP contribution >= 0.6 is 0 Å². The molecule has 0 radical (unpaired) electrons. The van der Waals surface area contributed by atoms with Gasteiger partial charge in [-0.3, -0.25) is 0 Å². The number of fused-ring (bicyclic) bond motifs is 2. The second-order valence-corrected chi connectivity index (χ2v) is 13.4. The maximum absolute atomic E-state index is 5.35. The van der Waals surface area contributed by atoms with Crippen molar-refractivity contribution >= 4 is 78.3 Å². The molecule has 0 bridgehead atoms. The highest BCUT2D eigenvalue weighted by molar-refractivity contribution is 6.96. The van der Waals surface area contributed by atoms with E-state index in [-0.39, 0.29) is 6.71 Å². The molecule has 1 nitrogen and oxygen atoms in total. The van der Waals surface area contributed by atoms with Gasteiger partial charge in [0.05, 0.1) is 11.4 Å². The Hall–Kier alpha value is -5.47. The van der Waals surface area contributed by atoms with E-state index in [1.807, 2.05) is 6.08 Å². The van der Waals surface area contributed by atoms with E-state index in [1.54, 1.807) is 0 Å². The van der Waals surface area contributed by atoms with Gasteiger partial charge in [0.25, 0.3) is 0 Å². The molecule has 0 saturated heterocycles. The molecule has 0 fully saturated rings. The van der Waals surface area contributed by atoms with E-state index in [4.69, 9.17) is 4.98 Å². The van der Waals surface area contributed by atoms with Crippen molar-refractivity contribution in [1.82, 2.24) is 4.98 Å². The Bertz CT molecular complexity index is 2500. The predicted octanol–water partition coefficient (Wildman–Crippen LogP) is 10.2. The summed E-state index contributed by atoms with van der Waals surface area (Å²) in [6.45, 7) is 15.3. The van der Waals surface area contributed by atoms with Crippen LogP contribution in [0.4, 0.5) is 0 Å². The molecule has 0 spiro atoms. The number of aryl methyl sites for hydroxylation is 4. The van der Waals surface area contributed by atoms with Crippen molar-refractivity contribution in [3.63, 3.8) is 0 Å². The van der Waals surface area contributed by atoms with E-state index in [9.17, 15) is 0 Å². The lowest BCUT2D eigenvalue weighted by molar-refractivity contribution is 1.31. The Balaban J connectivity index is 1.37. The van der Waals surface area contributed by atoms with E-state index in [0.717, 1.165) is 27.9 Å². The van der Waals surface area contributed by atoms with Gasteiger partial charge in [-0.1, -0.05) is 161 Å². The minimum absolute atomic E-state index is 0.132. The molecule has 1 aromatic heterocycles. The van der Waals surface area contributed by atoms with E-state index >= 15 is 0 Å². The van der Waals surface area contributed by atoms with Crippen molar-refractivity contribution in [2.75, 3.05) is 0 Å². The number of hydrogen-bond acceptors (Lipinski definition) is 1. The Morgan fingerprint density at radius 1 is 0.604 bits per heavy atom. The molecular formula is C46H38BN. The van der Waals surface area contributed by atoms with Crippen LogP contribution in [0.2, 0.25) is 0 Å². The number of allylic oxidation sites excluding steroid dienone is 1. The maximum atomic E-state index is 5.35. The van der Waals surface area contributed by atoms with Gasteiger partial charge in [-0.15, -0.1) is 0 Å². The van der Waals surface area contributed by atoms with Gasteiger partial charge >= 0.3 is 0 Å². The first kappa shape index (κ1) is 29.9. The molecule has 0 unspecified atom stereocenters. The van der Waals surface area contributed by atoms with Gasteiger partial charge < -0.3 is 0 Å². The number of pyridine rings is 1. The van der Waals surface area contributed by atoms with Gasteiger partial charge in [-0.2, -0.15) is 0 Å². The lowest BCUT2D eigenvalue weighted by Gasteiger charge is -2.21. The number of aromatic nitrogens is 1. The SMILES string of the molecule is C=Cc1c(/C=C\C)nc(-c2ccc(B(c3ccc(C)cc3C)c3ccc(C)cc3C)cc2)c2cc3ccc4cccc5ccc(c12)c3c45. The van der Waals surface area contributed by atoms with Crippen molar-refractivity contribution in [2.45, 2.75) is 34.6 Å². The number of rotatable bonds is 6. The van der Waals surface area contributed by atoms with Crippen molar-refractivity contribution in [3.8, 4) is 11.3 Å². The monoisotopic (exact) mass is 615 g/mol. The zero-order valence-corrected chi connectivity index (χ0v) is 28.4. The largest absolute Gasteiger partial charge is 0.247 e. The fraction of sp³-hybridized carbons (Fsp3) is 0.109. The van der Waals surface area contributed by atoms with Crippen molar-refractivity contribution < 1.29 is 0 Å². The summed E-state index contributed by atoms with van der Waals surface area (Å²) < 4.78 is 0. The first-order valence-corrected chi connectivity index (χ1v) is 16.9. The van der Waals surface area contributed by atoms with Crippen molar-refractivity contribution in [3.05, 3.63) is 155 Å². The molecule has 2 heteroatoms. The Kier molecular flexibility index (Phi) is 7.26. The second-order valence-electron chi connectivity index (χ2n) is 13.4. The summed E-state index contributed by atoms with van der Waals surface area (Å²) in [5.74, 6) is 0. The lowest BCUT2D eigenvalue weighted by Crippen LogP contribution is -2.53. The molecule has 48 heavy (non-hydrogen) atoms. The van der Waals surface area contributed by atoms with Crippen LogP contribution in [-0.2, 0) is 0 Å². The summed E-state index contributed by atoms with van der Waals surface area (Å²) >= 11 is 0. The molecule has 0 aliphatic rings. The van der Waals surface area contributed by atoms with Crippen LogP contribution in [0, 0.1) is 27.7 Å². The maximum Gasteiger partial charge on any atom is 0.241 e. The van der Waals surface area contributed by atoms with Gasteiger partial charge in [0, 0.05) is 21.9 Å².